The van der Waals surface area contributed by atoms with Crippen LogP contribution in [0.15, 0.2) is 0 Å². The number of nitrogens with zero attached hydrogens (tertiary/aromatic N) is 1. The van der Waals surface area contributed by atoms with Gasteiger partial charge in [-0.3, -0.25) is 0 Å². The Bertz CT molecular complexity index is 413. The number of nitrogens with one attached hydrogen (secondary N) is 2. The van der Waals surface area contributed by atoms with Crippen molar-refractivity contribution in [3.05, 3.63) is 0 Å². The second kappa shape index (κ2) is 7.86. The summed E-state index contributed by atoms with van der Waals surface area (Å²) in [7, 11) is 0. The molecule has 0 aromatic rings. The molecule has 1 rings (SSSR count). The van der Waals surface area contributed by atoms with Gasteiger partial charge in [0.2, 0.25) is 0 Å². The molecular weight excluding hydrogens is 298 g/mol. The first-order chi connectivity index (χ1) is 10.5. The van der Waals surface area contributed by atoms with E-state index in [1.165, 1.54) is 0 Å². The van der Waals surface area contributed by atoms with E-state index in [-0.39, 0.29) is 12.1 Å². The molecule has 134 valence electrons. The molecule has 7 heteroatoms. The predicted molar refractivity (Wildman–Crippen MR) is 88.5 cm³/mol. The van der Waals surface area contributed by atoms with Gasteiger partial charge in [0, 0.05) is 32.2 Å². The van der Waals surface area contributed by atoms with Crippen molar-refractivity contribution in [2.45, 2.75) is 65.2 Å². The fraction of sp³-hybridized carbons (Fsp3) is 0.875. The highest BCUT2D eigenvalue weighted by atomic mass is 16.6. The van der Waals surface area contributed by atoms with Gasteiger partial charge in [-0.2, -0.15) is 0 Å². The topological polar surface area (TPSA) is 79.9 Å². The quantitative estimate of drug-likeness (QED) is 0.772. The van der Waals surface area contributed by atoms with Crippen molar-refractivity contribution in [2.24, 2.45) is 0 Å². The molecule has 0 radical (unpaired) electrons. The maximum Gasteiger partial charge on any atom is 0.410 e. The van der Waals surface area contributed by atoms with Gasteiger partial charge in [0.15, 0.2) is 0 Å². The fourth-order valence-electron chi connectivity index (χ4n) is 2.17. The molecule has 1 heterocycles. The molecule has 0 aromatic carbocycles. The van der Waals surface area contributed by atoms with Crippen LogP contribution in [0.2, 0.25) is 0 Å². The molecular formula is C16H31N3O4. The molecule has 0 spiro atoms. The third kappa shape index (κ3) is 8.64. The third-order valence-electron chi connectivity index (χ3n) is 3.07. The first-order valence-corrected chi connectivity index (χ1v) is 8.14. The van der Waals surface area contributed by atoms with Crippen LogP contribution in [0.25, 0.3) is 0 Å². The molecule has 2 N–H and O–H groups in total. The highest BCUT2D eigenvalue weighted by molar-refractivity contribution is 5.68. The molecule has 0 saturated carbocycles. The first kappa shape index (κ1) is 19.5. The summed E-state index contributed by atoms with van der Waals surface area (Å²) in [4.78, 5) is 25.2. The number of carbonyl (C=O) groups is 2. The van der Waals surface area contributed by atoms with E-state index in [1.54, 1.807) is 4.90 Å². The summed E-state index contributed by atoms with van der Waals surface area (Å²) >= 11 is 0. The molecule has 2 amide bonds. The number of amides is 2. The first-order valence-electron chi connectivity index (χ1n) is 8.14. The highest BCUT2D eigenvalue weighted by Gasteiger charge is 2.29. The van der Waals surface area contributed by atoms with Gasteiger partial charge in [-0.15, -0.1) is 0 Å². The van der Waals surface area contributed by atoms with Crippen molar-refractivity contribution in [2.75, 3.05) is 26.2 Å². The van der Waals surface area contributed by atoms with Crippen molar-refractivity contribution in [1.29, 1.82) is 0 Å². The lowest BCUT2D eigenvalue weighted by molar-refractivity contribution is 0.0291. The van der Waals surface area contributed by atoms with Crippen molar-refractivity contribution in [3.63, 3.8) is 0 Å². The molecule has 7 nitrogen and oxygen atoms in total. The van der Waals surface area contributed by atoms with E-state index in [9.17, 15) is 9.59 Å². The molecule has 1 aliphatic rings. The molecule has 1 fully saturated rings. The lowest BCUT2D eigenvalue weighted by Gasteiger charge is -2.24. The largest absolute Gasteiger partial charge is 0.444 e. The molecule has 1 aliphatic heterocycles. The summed E-state index contributed by atoms with van der Waals surface area (Å²) in [6, 6.07) is 0.225. The van der Waals surface area contributed by atoms with Crippen LogP contribution in [-0.4, -0.2) is 60.5 Å². The van der Waals surface area contributed by atoms with Crippen LogP contribution >= 0.6 is 0 Å². The number of hydrogen-bond acceptors (Lipinski definition) is 5. The van der Waals surface area contributed by atoms with Crippen LogP contribution in [0, 0.1) is 0 Å². The lowest BCUT2D eigenvalue weighted by atomic mass is 10.2. The SMILES string of the molecule is CC(C)(C)OC(=O)NCCNC1CCN(C(=O)OC(C)(C)C)C1. The van der Waals surface area contributed by atoms with E-state index in [0.717, 1.165) is 6.42 Å². The zero-order valence-corrected chi connectivity index (χ0v) is 15.2. The van der Waals surface area contributed by atoms with Gasteiger partial charge in [-0.05, 0) is 48.0 Å². The van der Waals surface area contributed by atoms with Crippen LogP contribution in [0.1, 0.15) is 48.0 Å². The second-order valence-electron chi connectivity index (χ2n) is 7.79. The maximum absolute atomic E-state index is 12.0. The highest BCUT2D eigenvalue weighted by Crippen LogP contribution is 2.15. The minimum atomic E-state index is -0.489. The van der Waals surface area contributed by atoms with E-state index in [4.69, 9.17) is 9.47 Å². The fourth-order valence-corrected chi connectivity index (χ4v) is 2.17. The van der Waals surface area contributed by atoms with E-state index in [2.05, 4.69) is 10.6 Å². The van der Waals surface area contributed by atoms with Gasteiger partial charge in [0.25, 0.3) is 0 Å². The predicted octanol–water partition coefficient (Wildman–Crippen LogP) is 2.11. The minimum Gasteiger partial charge on any atom is -0.444 e. The van der Waals surface area contributed by atoms with E-state index in [1.807, 2.05) is 41.5 Å². The molecule has 0 bridgehead atoms. The number of carbonyl (C=O) groups excluding carboxylic acids is 2. The van der Waals surface area contributed by atoms with E-state index >= 15 is 0 Å². The molecule has 1 unspecified atom stereocenters. The van der Waals surface area contributed by atoms with Crippen LogP contribution in [0.3, 0.4) is 0 Å². The van der Waals surface area contributed by atoms with Crippen molar-refractivity contribution in [1.82, 2.24) is 15.5 Å². The number of likely N-dealkylation sites (tertiary alicyclic amines) is 1. The monoisotopic (exact) mass is 329 g/mol. The summed E-state index contributed by atoms with van der Waals surface area (Å²) in [5.74, 6) is 0. The van der Waals surface area contributed by atoms with Crippen LogP contribution in [0.5, 0.6) is 0 Å². The standard InChI is InChI=1S/C16H31N3O4/c1-15(2,3)22-13(20)18-9-8-17-12-7-10-19(11-12)14(21)23-16(4,5)6/h12,17H,7-11H2,1-6H3,(H,18,20). The van der Waals surface area contributed by atoms with Gasteiger partial charge in [-0.1, -0.05) is 0 Å². The van der Waals surface area contributed by atoms with E-state index in [0.29, 0.717) is 26.2 Å². The Kier molecular flexibility index (Phi) is 6.68. The van der Waals surface area contributed by atoms with E-state index < -0.39 is 17.3 Å². The smallest absolute Gasteiger partial charge is 0.410 e. The normalized spacial score (nSPS) is 18.7. The lowest BCUT2D eigenvalue weighted by Crippen LogP contribution is -2.41. The van der Waals surface area contributed by atoms with Gasteiger partial charge in [-0.25, -0.2) is 9.59 Å². The molecule has 1 saturated heterocycles. The van der Waals surface area contributed by atoms with Gasteiger partial charge >= 0.3 is 12.2 Å². The summed E-state index contributed by atoms with van der Waals surface area (Å²) in [5, 5.41) is 6.03. The number of alkyl carbamates (subject to hydrolysis) is 1. The number of rotatable bonds is 4. The maximum atomic E-state index is 12.0. The number of hydrogen-bond donors (Lipinski definition) is 2. The Morgan fingerprint density at radius 1 is 1.04 bits per heavy atom. The van der Waals surface area contributed by atoms with Crippen LogP contribution < -0.4 is 10.6 Å². The van der Waals surface area contributed by atoms with Crippen molar-refractivity contribution >= 4 is 12.2 Å². The Labute approximate surface area is 139 Å². The van der Waals surface area contributed by atoms with Crippen molar-refractivity contribution < 1.29 is 19.1 Å². The molecule has 1 atom stereocenters. The summed E-state index contributed by atoms with van der Waals surface area (Å²) < 4.78 is 10.5. The average Bonchev–Trinajstić information content (AvgIpc) is 2.79. The molecule has 0 aromatic heterocycles. The molecule has 0 aliphatic carbocycles. The summed E-state index contributed by atoms with van der Waals surface area (Å²) in [6.45, 7) is 13.5. The Morgan fingerprint density at radius 3 is 2.22 bits per heavy atom. The minimum absolute atomic E-state index is 0.225. The zero-order chi connectivity index (χ0) is 17.7. The van der Waals surface area contributed by atoms with Gasteiger partial charge in [0.05, 0.1) is 0 Å². The number of ether oxygens (including phenoxy) is 2. The van der Waals surface area contributed by atoms with Crippen LogP contribution in [0.4, 0.5) is 9.59 Å². The van der Waals surface area contributed by atoms with Crippen LogP contribution in [-0.2, 0) is 9.47 Å². The summed E-state index contributed by atoms with van der Waals surface area (Å²) in [5.41, 5.74) is -0.961. The third-order valence-corrected chi connectivity index (χ3v) is 3.07. The Morgan fingerprint density at radius 2 is 1.65 bits per heavy atom. The second-order valence-corrected chi connectivity index (χ2v) is 7.79. The Balaban J connectivity index is 2.18. The Hall–Kier alpha value is -1.50. The zero-order valence-electron chi connectivity index (χ0n) is 15.2. The van der Waals surface area contributed by atoms with Crippen molar-refractivity contribution in [3.8, 4) is 0 Å². The average molecular weight is 329 g/mol. The molecule has 23 heavy (non-hydrogen) atoms. The van der Waals surface area contributed by atoms with Gasteiger partial charge in [0.1, 0.15) is 11.2 Å². The summed E-state index contributed by atoms with van der Waals surface area (Å²) in [6.07, 6.45) is 0.195. The van der Waals surface area contributed by atoms with Gasteiger partial charge < -0.3 is 25.0 Å².